The van der Waals surface area contributed by atoms with Gasteiger partial charge in [0.1, 0.15) is 6.10 Å². The Balaban J connectivity index is 1.58. The zero-order valence-corrected chi connectivity index (χ0v) is 16.8. The third kappa shape index (κ3) is 3.89. The van der Waals surface area contributed by atoms with Gasteiger partial charge < -0.3 is 15.0 Å². The lowest BCUT2D eigenvalue weighted by atomic mass is 10.0. The van der Waals surface area contributed by atoms with Gasteiger partial charge in [-0.05, 0) is 48.0 Å². The van der Waals surface area contributed by atoms with Crippen LogP contribution in [0.4, 0.5) is 0 Å². The summed E-state index contributed by atoms with van der Waals surface area (Å²) in [6.07, 6.45) is 6.13. The lowest BCUT2D eigenvalue weighted by molar-refractivity contribution is -0.133. The Morgan fingerprint density at radius 1 is 1.40 bits per heavy atom. The number of benzene rings is 2. The quantitative estimate of drug-likeness (QED) is 0.588. The van der Waals surface area contributed by atoms with E-state index in [-0.39, 0.29) is 17.9 Å². The fraction of sp³-hybridized carbons (Fsp3) is 0.292. The van der Waals surface area contributed by atoms with Crippen LogP contribution in [0.3, 0.4) is 0 Å². The van der Waals surface area contributed by atoms with Crippen molar-refractivity contribution in [3.05, 3.63) is 52.5 Å². The molecular formula is C24H23N4O2+. The third-order valence-corrected chi connectivity index (χ3v) is 5.53. The lowest BCUT2D eigenvalue weighted by Gasteiger charge is -2.20. The molecule has 2 aliphatic rings. The largest absolute Gasteiger partial charge is 0.481 e. The number of nitriles is 1. The van der Waals surface area contributed by atoms with E-state index >= 15 is 0 Å². The summed E-state index contributed by atoms with van der Waals surface area (Å²) in [5.41, 5.74) is 2.53. The molecule has 2 aromatic rings. The molecule has 1 saturated heterocycles. The molecule has 150 valence electrons. The second-order valence-electron chi connectivity index (χ2n) is 7.70. The predicted octanol–water partition coefficient (Wildman–Crippen LogP) is 1.43. The number of ether oxygens (including phenoxy) is 1. The number of amides is 1. The molecule has 2 unspecified atom stereocenters. The maximum absolute atomic E-state index is 12.5. The van der Waals surface area contributed by atoms with Crippen molar-refractivity contribution in [3.63, 3.8) is 0 Å². The molecule has 0 aliphatic carbocycles. The van der Waals surface area contributed by atoms with E-state index in [1.54, 1.807) is 12.3 Å². The standard InChI is InChI=1S/C24H23N4O2/c1-16(5-8-25)24(29)28-10-7-21(15-28)30-22-13-20(12-19-6-9-27-23(19)22)18-4-2-3-17(11-18)14-26/h2-4,6,8-9,11-13,16,21,25H,5,7,10,15H2,1H3/q+1. The second kappa shape index (κ2) is 8.36. The van der Waals surface area contributed by atoms with Crippen molar-refractivity contribution in [2.75, 3.05) is 13.1 Å². The maximum Gasteiger partial charge on any atom is 0.375 e. The highest BCUT2D eigenvalue weighted by Gasteiger charge is 2.31. The first-order valence-corrected chi connectivity index (χ1v) is 10.1. The van der Waals surface area contributed by atoms with Crippen molar-refractivity contribution in [2.24, 2.45) is 5.92 Å². The number of rotatable bonds is 6. The van der Waals surface area contributed by atoms with Gasteiger partial charge in [0, 0.05) is 25.0 Å². The summed E-state index contributed by atoms with van der Waals surface area (Å²) in [5, 5.41) is 18.2. The minimum Gasteiger partial charge on any atom is -0.481 e. The highest BCUT2D eigenvalue weighted by molar-refractivity contribution is 5.91. The van der Waals surface area contributed by atoms with E-state index in [1.807, 2.05) is 42.2 Å². The van der Waals surface area contributed by atoms with Crippen LogP contribution >= 0.6 is 0 Å². The number of hydrogen-bond donors (Lipinski definition) is 1. The molecule has 30 heavy (non-hydrogen) atoms. The fourth-order valence-corrected chi connectivity index (χ4v) is 3.90. The van der Waals surface area contributed by atoms with Crippen LogP contribution in [0.15, 0.2) is 36.4 Å². The molecule has 0 saturated carbocycles. The first kappa shape index (κ1) is 19.6. The average molecular weight is 399 g/mol. The minimum absolute atomic E-state index is 0.0725. The Kier molecular flexibility index (Phi) is 5.47. The van der Waals surface area contributed by atoms with Crippen LogP contribution in [0.25, 0.3) is 17.2 Å². The summed E-state index contributed by atoms with van der Waals surface area (Å²) in [6.45, 7) is 3.06. The van der Waals surface area contributed by atoms with Crippen LogP contribution in [-0.2, 0) is 4.79 Å². The van der Waals surface area contributed by atoms with Crippen LogP contribution in [-0.4, -0.2) is 42.4 Å². The molecule has 1 amide bonds. The van der Waals surface area contributed by atoms with Gasteiger partial charge in [-0.3, -0.25) is 4.79 Å². The van der Waals surface area contributed by atoms with Gasteiger partial charge in [-0.1, -0.05) is 23.7 Å². The number of hydrogen-bond acceptors (Lipinski definition) is 4. The van der Waals surface area contributed by atoms with Crippen molar-refractivity contribution >= 4 is 24.4 Å². The van der Waals surface area contributed by atoms with E-state index < -0.39 is 0 Å². The molecule has 1 fully saturated rings. The zero-order valence-electron chi connectivity index (χ0n) is 16.8. The summed E-state index contributed by atoms with van der Waals surface area (Å²) in [7, 11) is 0. The van der Waals surface area contributed by atoms with Crippen LogP contribution in [0.5, 0.6) is 5.75 Å². The van der Waals surface area contributed by atoms with E-state index in [1.165, 1.54) is 6.21 Å². The molecule has 2 aromatic carbocycles. The van der Waals surface area contributed by atoms with Crippen molar-refractivity contribution in [2.45, 2.75) is 25.9 Å². The smallest absolute Gasteiger partial charge is 0.375 e. The number of nitrogens with zero attached hydrogens (tertiary/aromatic N) is 3. The summed E-state index contributed by atoms with van der Waals surface area (Å²) in [5.74, 6) is 0.588. The molecule has 6 nitrogen and oxygen atoms in total. The molecule has 0 bridgehead atoms. The molecule has 0 radical (unpaired) electrons. The zero-order chi connectivity index (χ0) is 21.1. The molecule has 1 N–H and O–H groups in total. The molecule has 2 atom stereocenters. The van der Waals surface area contributed by atoms with Crippen LogP contribution in [0.1, 0.15) is 25.3 Å². The Labute approximate surface area is 175 Å². The van der Waals surface area contributed by atoms with E-state index in [2.05, 4.69) is 16.8 Å². The van der Waals surface area contributed by atoms with Gasteiger partial charge in [-0.15, -0.1) is 0 Å². The van der Waals surface area contributed by atoms with Crippen molar-refractivity contribution in [1.29, 1.82) is 10.7 Å². The number of carbonyl (C=O) groups is 1. The first-order chi connectivity index (χ1) is 14.6. The van der Waals surface area contributed by atoms with E-state index in [4.69, 9.17) is 10.1 Å². The summed E-state index contributed by atoms with van der Waals surface area (Å²) >= 11 is 0. The average Bonchev–Trinajstić information content (AvgIpc) is 3.43. The number of fused-ring (bicyclic) bond motifs is 1. The van der Waals surface area contributed by atoms with E-state index in [9.17, 15) is 10.1 Å². The monoisotopic (exact) mass is 399 g/mol. The summed E-state index contributed by atoms with van der Waals surface area (Å²) in [4.78, 5) is 14.4. The highest BCUT2D eigenvalue weighted by Crippen LogP contribution is 2.24. The topological polar surface area (TPSA) is 91.3 Å². The number of carbonyl (C=O) groups excluding carboxylic acids is 1. The van der Waals surface area contributed by atoms with E-state index in [0.717, 1.165) is 28.1 Å². The third-order valence-electron chi connectivity index (χ3n) is 5.53. The molecule has 0 aromatic heterocycles. The van der Waals surface area contributed by atoms with Crippen molar-refractivity contribution in [1.82, 2.24) is 9.57 Å². The highest BCUT2D eigenvalue weighted by atomic mass is 16.5. The number of likely N-dealkylation sites (tertiary alicyclic amines) is 1. The van der Waals surface area contributed by atoms with Crippen LogP contribution in [0, 0.1) is 22.7 Å². The van der Waals surface area contributed by atoms with Gasteiger partial charge in [0.15, 0.2) is 0 Å². The Morgan fingerprint density at radius 3 is 3.07 bits per heavy atom. The Hall–Kier alpha value is -3.68. The van der Waals surface area contributed by atoms with Gasteiger partial charge in [0.25, 0.3) is 6.21 Å². The predicted molar refractivity (Wildman–Crippen MR) is 116 cm³/mol. The molecule has 2 heterocycles. The SMILES string of the molecule is CC(CC=N)C(=O)N1CCC(Oc2cc(-c3cccc(C#N)c3)cc3c2=[N+]=CC=3)C1. The normalized spacial score (nSPS) is 17.5. The van der Waals surface area contributed by atoms with Crippen LogP contribution < -0.4 is 20.0 Å². The second-order valence-corrected chi connectivity index (χ2v) is 7.70. The minimum atomic E-state index is -0.180. The van der Waals surface area contributed by atoms with Crippen molar-refractivity contribution in [3.8, 4) is 22.9 Å². The molecule has 4 rings (SSSR count). The summed E-state index contributed by atoms with van der Waals surface area (Å²) in [6, 6.07) is 13.7. The summed E-state index contributed by atoms with van der Waals surface area (Å²) < 4.78 is 10.8. The van der Waals surface area contributed by atoms with Gasteiger partial charge >= 0.3 is 5.36 Å². The first-order valence-electron chi connectivity index (χ1n) is 10.1. The Bertz CT molecular complexity index is 1200. The van der Waals surface area contributed by atoms with E-state index in [0.29, 0.717) is 30.8 Å². The lowest BCUT2D eigenvalue weighted by Crippen LogP contribution is -2.36. The Morgan fingerprint density at radius 2 is 2.27 bits per heavy atom. The van der Waals surface area contributed by atoms with Gasteiger partial charge in [-0.2, -0.15) is 5.26 Å². The number of nitrogens with one attached hydrogen (secondary N) is 1. The molecule has 6 heteroatoms. The maximum atomic E-state index is 12.5. The molecule has 0 spiro atoms. The van der Waals surface area contributed by atoms with Gasteiger partial charge in [-0.25, -0.2) is 0 Å². The molecule has 2 aliphatic heterocycles. The fourth-order valence-electron chi connectivity index (χ4n) is 3.90. The van der Waals surface area contributed by atoms with Gasteiger partial charge in [0.2, 0.25) is 11.7 Å². The van der Waals surface area contributed by atoms with Gasteiger partial charge in [0.05, 0.1) is 23.4 Å². The van der Waals surface area contributed by atoms with Crippen molar-refractivity contribution < 1.29 is 9.53 Å². The van der Waals surface area contributed by atoms with Crippen LogP contribution in [0.2, 0.25) is 0 Å². The molecular weight excluding hydrogens is 376 g/mol.